The Hall–Kier alpha value is -2.28. The van der Waals surface area contributed by atoms with E-state index in [0.717, 1.165) is 11.3 Å². The molecule has 2 aromatic heterocycles. The van der Waals surface area contributed by atoms with E-state index in [2.05, 4.69) is 20.5 Å². The van der Waals surface area contributed by atoms with E-state index in [1.165, 1.54) is 6.20 Å². The first-order valence-electron chi connectivity index (χ1n) is 5.61. The van der Waals surface area contributed by atoms with E-state index in [4.69, 9.17) is 18.0 Å². The molecule has 0 atom stereocenters. The second-order valence-electron chi connectivity index (χ2n) is 4.00. The van der Waals surface area contributed by atoms with Gasteiger partial charge in [0.25, 0.3) is 5.91 Å². The van der Waals surface area contributed by atoms with Crippen LogP contribution in [0.15, 0.2) is 24.5 Å². The topological polar surface area (TPSA) is 96.7 Å². The molecule has 0 bridgehead atoms. The number of aryl methyl sites for hydroxylation is 1. The summed E-state index contributed by atoms with van der Waals surface area (Å²) in [5.74, 6) is -0.255. The minimum absolute atomic E-state index is 0.255. The second kappa shape index (κ2) is 5.57. The normalized spacial score (nSPS) is 10.2. The van der Waals surface area contributed by atoms with Gasteiger partial charge < -0.3 is 11.1 Å². The lowest BCUT2D eigenvalue weighted by Crippen LogP contribution is -2.24. The van der Waals surface area contributed by atoms with Gasteiger partial charge in [0.2, 0.25) is 0 Å². The summed E-state index contributed by atoms with van der Waals surface area (Å²) in [7, 11) is 0. The molecule has 98 valence electrons. The van der Waals surface area contributed by atoms with Gasteiger partial charge in [0.15, 0.2) is 0 Å². The molecule has 0 saturated heterocycles. The molecule has 19 heavy (non-hydrogen) atoms. The van der Waals surface area contributed by atoms with Crippen LogP contribution < -0.4 is 11.1 Å². The molecule has 2 rings (SSSR count). The van der Waals surface area contributed by atoms with Crippen molar-refractivity contribution in [1.29, 1.82) is 0 Å². The summed E-state index contributed by atoms with van der Waals surface area (Å²) in [6.07, 6.45) is 3.17. The minimum Gasteiger partial charge on any atom is -0.389 e. The number of aromatic nitrogens is 3. The maximum atomic E-state index is 11.9. The van der Waals surface area contributed by atoms with Crippen molar-refractivity contribution in [2.24, 2.45) is 5.73 Å². The Morgan fingerprint density at radius 3 is 2.79 bits per heavy atom. The summed E-state index contributed by atoms with van der Waals surface area (Å²) in [6, 6.07) is 3.26. The van der Waals surface area contributed by atoms with E-state index in [0.29, 0.717) is 17.8 Å². The van der Waals surface area contributed by atoms with E-state index in [1.54, 1.807) is 18.3 Å². The number of amides is 1. The number of pyridine rings is 1. The number of H-pyrrole nitrogens is 1. The molecular weight excluding hydrogens is 262 g/mol. The molecule has 0 aliphatic rings. The minimum atomic E-state index is -0.255. The average Bonchev–Trinajstić information content (AvgIpc) is 2.81. The molecule has 0 saturated carbocycles. The summed E-state index contributed by atoms with van der Waals surface area (Å²) in [4.78, 5) is 16.1. The van der Waals surface area contributed by atoms with E-state index in [9.17, 15) is 4.79 Å². The molecule has 1 amide bonds. The van der Waals surface area contributed by atoms with Crippen molar-refractivity contribution in [3.8, 4) is 0 Å². The summed E-state index contributed by atoms with van der Waals surface area (Å²) in [6.45, 7) is 2.30. The molecule has 0 aliphatic carbocycles. The molecule has 0 aromatic carbocycles. The molecule has 6 nitrogen and oxygen atoms in total. The van der Waals surface area contributed by atoms with Crippen LogP contribution in [0.5, 0.6) is 0 Å². The van der Waals surface area contributed by atoms with Gasteiger partial charge in [-0.05, 0) is 19.1 Å². The standard InChI is InChI=1S/C12H13N5OS/c1-7-9(6-16-17-7)5-15-12(18)10-3-2-8(4-14-10)11(13)19/h2-4,6H,5H2,1H3,(H2,13,19)(H,15,18)(H,16,17). The fourth-order valence-corrected chi connectivity index (χ4v) is 1.61. The van der Waals surface area contributed by atoms with Gasteiger partial charge in [-0.1, -0.05) is 12.2 Å². The number of hydrogen-bond donors (Lipinski definition) is 3. The van der Waals surface area contributed by atoms with Gasteiger partial charge in [-0.2, -0.15) is 5.10 Å². The fraction of sp³-hybridized carbons (Fsp3) is 0.167. The molecule has 4 N–H and O–H groups in total. The number of nitrogens with one attached hydrogen (secondary N) is 2. The lowest BCUT2D eigenvalue weighted by Gasteiger charge is -2.04. The molecule has 7 heteroatoms. The van der Waals surface area contributed by atoms with E-state index in [-0.39, 0.29) is 10.9 Å². The van der Waals surface area contributed by atoms with Crippen molar-refractivity contribution in [2.45, 2.75) is 13.5 Å². The number of rotatable bonds is 4. The van der Waals surface area contributed by atoms with Crippen LogP contribution in [0.4, 0.5) is 0 Å². The Labute approximate surface area is 115 Å². The highest BCUT2D eigenvalue weighted by molar-refractivity contribution is 7.80. The Morgan fingerprint density at radius 2 is 2.26 bits per heavy atom. The van der Waals surface area contributed by atoms with Crippen LogP contribution in [-0.4, -0.2) is 26.1 Å². The fourth-order valence-electron chi connectivity index (χ4n) is 1.49. The highest BCUT2D eigenvalue weighted by Crippen LogP contribution is 2.03. The Bertz CT molecular complexity index is 605. The molecule has 0 radical (unpaired) electrons. The number of thiocarbonyl (C=S) groups is 1. The van der Waals surface area contributed by atoms with Crippen LogP contribution in [0.25, 0.3) is 0 Å². The maximum absolute atomic E-state index is 11.9. The molecule has 0 aliphatic heterocycles. The molecule has 2 aromatic rings. The number of carbonyl (C=O) groups is 1. The van der Waals surface area contributed by atoms with E-state index in [1.807, 2.05) is 6.92 Å². The number of nitrogens with zero attached hydrogens (tertiary/aromatic N) is 2. The Kier molecular flexibility index (Phi) is 3.86. The van der Waals surface area contributed by atoms with Crippen molar-refractivity contribution in [3.63, 3.8) is 0 Å². The summed E-state index contributed by atoms with van der Waals surface area (Å²) in [5.41, 5.74) is 8.28. The van der Waals surface area contributed by atoms with Gasteiger partial charge in [0.05, 0.1) is 6.20 Å². The van der Waals surface area contributed by atoms with E-state index >= 15 is 0 Å². The average molecular weight is 275 g/mol. The maximum Gasteiger partial charge on any atom is 0.270 e. The molecule has 2 heterocycles. The van der Waals surface area contributed by atoms with Crippen molar-refractivity contribution >= 4 is 23.1 Å². The zero-order valence-electron chi connectivity index (χ0n) is 10.3. The Balaban J connectivity index is 2.00. The predicted octanol–water partition coefficient (Wildman–Crippen LogP) is 0.677. The number of nitrogens with two attached hydrogens (primary N) is 1. The number of hydrogen-bond acceptors (Lipinski definition) is 4. The van der Waals surface area contributed by atoms with Gasteiger partial charge in [-0.3, -0.25) is 14.9 Å². The SMILES string of the molecule is Cc1[nH]ncc1CNC(=O)c1ccc(C(N)=S)cn1. The summed E-state index contributed by atoms with van der Waals surface area (Å²) >= 11 is 4.82. The molecular formula is C12H13N5OS. The van der Waals surface area contributed by atoms with Crippen molar-refractivity contribution in [1.82, 2.24) is 20.5 Å². The van der Waals surface area contributed by atoms with Crippen molar-refractivity contribution < 1.29 is 4.79 Å². The largest absolute Gasteiger partial charge is 0.389 e. The first-order chi connectivity index (χ1) is 9.08. The molecule has 0 fully saturated rings. The zero-order valence-corrected chi connectivity index (χ0v) is 11.1. The summed E-state index contributed by atoms with van der Waals surface area (Å²) < 4.78 is 0. The van der Waals surface area contributed by atoms with Crippen LogP contribution in [0.2, 0.25) is 0 Å². The second-order valence-corrected chi connectivity index (χ2v) is 4.44. The lowest BCUT2D eigenvalue weighted by molar-refractivity contribution is 0.0946. The molecule has 0 unspecified atom stereocenters. The van der Waals surface area contributed by atoms with Crippen molar-refractivity contribution in [2.75, 3.05) is 0 Å². The quantitative estimate of drug-likeness (QED) is 0.713. The van der Waals surface area contributed by atoms with Crippen LogP contribution >= 0.6 is 12.2 Å². The van der Waals surface area contributed by atoms with Gasteiger partial charge in [0.1, 0.15) is 10.7 Å². The number of aromatic amines is 1. The van der Waals surface area contributed by atoms with Gasteiger partial charge >= 0.3 is 0 Å². The van der Waals surface area contributed by atoms with Crippen LogP contribution in [-0.2, 0) is 6.54 Å². The lowest BCUT2D eigenvalue weighted by atomic mass is 10.2. The summed E-state index contributed by atoms with van der Waals surface area (Å²) in [5, 5.41) is 9.46. The first kappa shape index (κ1) is 13.2. The van der Waals surface area contributed by atoms with Crippen molar-refractivity contribution in [3.05, 3.63) is 47.0 Å². The number of carbonyl (C=O) groups excluding carboxylic acids is 1. The van der Waals surface area contributed by atoms with Crippen LogP contribution in [0.1, 0.15) is 27.3 Å². The zero-order chi connectivity index (χ0) is 13.8. The van der Waals surface area contributed by atoms with E-state index < -0.39 is 0 Å². The van der Waals surface area contributed by atoms with Gasteiger partial charge in [-0.25, -0.2) is 0 Å². The van der Waals surface area contributed by atoms with Crippen LogP contribution in [0.3, 0.4) is 0 Å². The Morgan fingerprint density at radius 1 is 1.47 bits per heavy atom. The third-order valence-corrected chi connectivity index (χ3v) is 2.89. The van der Waals surface area contributed by atoms with Gasteiger partial charge in [-0.15, -0.1) is 0 Å². The first-order valence-corrected chi connectivity index (χ1v) is 6.01. The third-order valence-electron chi connectivity index (χ3n) is 2.65. The predicted molar refractivity (Wildman–Crippen MR) is 74.6 cm³/mol. The monoisotopic (exact) mass is 275 g/mol. The smallest absolute Gasteiger partial charge is 0.270 e. The highest BCUT2D eigenvalue weighted by atomic mass is 32.1. The third kappa shape index (κ3) is 3.14. The van der Waals surface area contributed by atoms with Crippen LogP contribution in [0, 0.1) is 6.92 Å². The highest BCUT2D eigenvalue weighted by Gasteiger charge is 2.08. The van der Waals surface area contributed by atoms with Gasteiger partial charge in [0, 0.05) is 29.6 Å². The molecule has 0 spiro atoms.